The molecule has 0 amide bonds. The van der Waals surface area contributed by atoms with Crippen LogP contribution in [0.2, 0.25) is 0 Å². The average molecular weight is 222 g/mol. The van der Waals surface area contributed by atoms with E-state index in [1.54, 1.807) is 0 Å². The second-order valence-corrected chi connectivity index (χ2v) is 4.63. The van der Waals surface area contributed by atoms with E-state index in [9.17, 15) is 0 Å². The minimum Gasteiger partial charge on any atom is -0.329 e. The van der Waals surface area contributed by atoms with Crippen molar-refractivity contribution in [3.05, 3.63) is 18.2 Å². The molecule has 4 nitrogen and oxygen atoms in total. The molecular weight excluding hydrogens is 200 g/mol. The van der Waals surface area contributed by atoms with Crippen LogP contribution in [0.5, 0.6) is 0 Å². The number of nitrogens with zero attached hydrogens (tertiary/aromatic N) is 3. The van der Waals surface area contributed by atoms with Gasteiger partial charge in [0.1, 0.15) is 0 Å². The van der Waals surface area contributed by atoms with Crippen molar-refractivity contribution >= 4 is 0 Å². The Morgan fingerprint density at radius 2 is 2.44 bits per heavy atom. The van der Waals surface area contributed by atoms with Crippen molar-refractivity contribution in [3.8, 4) is 0 Å². The average Bonchev–Trinajstić information content (AvgIpc) is 2.74. The van der Waals surface area contributed by atoms with Crippen LogP contribution in [0.1, 0.15) is 31.5 Å². The van der Waals surface area contributed by atoms with E-state index in [4.69, 9.17) is 0 Å². The molecule has 0 aliphatic carbocycles. The third kappa shape index (κ3) is 2.62. The largest absolute Gasteiger partial charge is 0.329 e. The van der Waals surface area contributed by atoms with Crippen molar-refractivity contribution in [2.45, 2.75) is 32.4 Å². The summed E-state index contributed by atoms with van der Waals surface area (Å²) in [5.74, 6) is 0. The van der Waals surface area contributed by atoms with Crippen molar-refractivity contribution in [2.75, 3.05) is 26.7 Å². The van der Waals surface area contributed by atoms with Crippen molar-refractivity contribution in [2.24, 2.45) is 0 Å². The first-order valence-electron chi connectivity index (χ1n) is 6.21. The molecule has 1 aromatic rings. The van der Waals surface area contributed by atoms with Gasteiger partial charge >= 0.3 is 0 Å². The summed E-state index contributed by atoms with van der Waals surface area (Å²) >= 11 is 0. The number of piperidine rings is 1. The molecule has 1 fully saturated rings. The molecule has 0 radical (unpaired) electrons. The Balaban J connectivity index is 2.04. The lowest BCUT2D eigenvalue weighted by Crippen LogP contribution is -2.34. The van der Waals surface area contributed by atoms with Gasteiger partial charge in [-0.15, -0.1) is 0 Å². The van der Waals surface area contributed by atoms with Crippen LogP contribution in [0, 0.1) is 0 Å². The summed E-state index contributed by atoms with van der Waals surface area (Å²) in [4.78, 5) is 6.69. The second kappa shape index (κ2) is 5.46. The highest BCUT2D eigenvalue weighted by Crippen LogP contribution is 2.21. The summed E-state index contributed by atoms with van der Waals surface area (Å²) in [5, 5.41) is 3.37. The number of likely N-dealkylation sites (N-methyl/N-ethyl adjacent to an activating group) is 1. The first-order chi connectivity index (χ1) is 7.81. The molecule has 2 rings (SSSR count). The summed E-state index contributed by atoms with van der Waals surface area (Å²) in [6.45, 7) is 6.45. The maximum Gasteiger partial charge on any atom is 0.0951 e. The Bertz CT molecular complexity index is 321. The first-order valence-corrected chi connectivity index (χ1v) is 6.21. The normalized spacial score (nSPS) is 22.5. The number of likely N-dealkylation sites (tertiary alicyclic amines) is 1. The van der Waals surface area contributed by atoms with Crippen LogP contribution in [-0.4, -0.2) is 41.1 Å². The number of hydrogen-bond donors (Lipinski definition) is 1. The van der Waals surface area contributed by atoms with Crippen LogP contribution in [0.3, 0.4) is 0 Å². The summed E-state index contributed by atoms with van der Waals surface area (Å²) < 4.78 is 2.35. The van der Waals surface area contributed by atoms with Crippen LogP contribution in [0.25, 0.3) is 0 Å². The third-order valence-electron chi connectivity index (χ3n) is 3.30. The van der Waals surface area contributed by atoms with E-state index < -0.39 is 0 Å². The number of hydrogen-bond acceptors (Lipinski definition) is 3. The van der Waals surface area contributed by atoms with E-state index in [-0.39, 0.29) is 0 Å². The van der Waals surface area contributed by atoms with E-state index in [0.717, 1.165) is 19.6 Å². The Morgan fingerprint density at radius 1 is 1.56 bits per heavy atom. The standard InChI is InChI=1S/C12H22N4/c1-3-13-7-12-8-14-10-16(12)11-5-4-6-15(2)9-11/h8,10-11,13H,3-7,9H2,1-2H3. The van der Waals surface area contributed by atoms with Crippen LogP contribution in [0.4, 0.5) is 0 Å². The van der Waals surface area contributed by atoms with Gasteiger partial charge in [-0.25, -0.2) is 4.98 Å². The molecule has 0 saturated carbocycles. The zero-order valence-electron chi connectivity index (χ0n) is 10.3. The van der Waals surface area contributed by atoms with Gasteiger partial charge in [0.05, 0.1) is 12.0 Å². The molecule has 0 spiro atoms. The molecule has 1 aromatic heterocycles. The van der Waals surface area contributed by atoms with Crippen LogP contribution in [-0.2, 0) is 6.54 Å². The zero-order valence-corrected chi connectivity index (χ0v) is 10.3. The molecular formula is C12H22N4. The fourth-order valence-corrected chi connectivity index (χ4v) is 2.42. The fourth-order valence-electron chi connectivity index (χ4n) is 2.42. The summed E-state index contributed by atoms with van der Waals surface area (Å²) in [6.07, 6.45) is 6.54. The number of aromatic nitrogens is 2. The lowest BCUT2D eigenvalue weighted by atomic mass is 10.1. The molecule has 1 atom stereocenters. The van der Waals surface area contributed by atoms with Crippen molar-refractivity contribution in [1.82, 2.24) is 19.8 Å². The van der Waals surface area contributed by atoms with Gasteiger partial charge in [-0.3, -0.25) is 0 Å². The van der Waals surface area contributed by atoms with Crippen LogP contribution in [0.15, 0.2) is 12.5 Å². The number of nitrogens with one attached hydrogen (secondary N) is 1. The van der Waals surface area contributed by atoms with Gasteiger partial charge in [0.2, 0.25) is 0 Å². The number of rotatable bonds is 4. The third-order valence-corrected chi connectivity index (χ3v) is 3.30. The van der Waals surface area contributed by atoms with Gasteiger partial charge in [0.25, 0.3) is 0 Å². The highest BCUT2D eigenvalue weighted by Gasteiger charge is 2.20. The molecule has 4 heteroatoms. The molecule has 0 aromatic carbocycles. The van der Waals surface area contributed by atoms with E-state index in [1.807, 2.05) is 12.5 Å². The minimum atomic E-state index is 0.606. The molecule has 2 heterocycles. The van der Waals surface area contributed by atoms with Gasteiger partial charge in [0.15, 0.2) is 0 Å². The second-order valence-electron chi connectivity index (χ2n) is 4.63. The topological polar surface area (TPSA) is 33.1 Å². The van der Waals surface area contributed by atoms with E-state index in [2.05, 4.69) is 33.7 Å². The van der Waals surface area contributed by atoms with Crippen molar-refractivity contribution < 1.29 is 0 Å². The lowest BCUT2D eigenvalue weighted by molar-refractivity contribution is 0.209. The molecule has 1 aliphatic heterocycles. The first kappa shape index (κ1) is 11.6. The Morgan fingerprint density at radius 3 is 3.19 bits per heavy atom. The molecule has 1 N–H and O–H groups in total. The minimum absolute atomic E-state index is 0.606. The van der Waals surface area contributed by atoms with Gasteiger partial charge < -0.3 is 14.8 Å². The Kier molecular flexibility index (Phi) is 3.96. The summed E-state index contributed by atoms with van der Waals surface area (Å²) in [5.41, 5.74) is 1.31. The molecule has 0 bridgehead atoms. The van der Waals surface area contributed by atoms with Crippen LogP contribution < -0.4 is 5.32 Å². The van der Waals surface area contributed by atoms with Gasteiger partial charge in [0, 0.05) is 25.3 Å². The van der Waals surface area contributed by atoms with E-state index in [0.29, 0.717) is 6.04 Å². The maximum atomic E-state index is 4.28. The van der Waals surface area contributed by atoms with E-state index in [1.165, 1.54) is 25.1 Å². The lowest BCUT2D eigenvalue weighted by Gasteiger charge is -2.31. The fraction of sp³-hybridized carbons (Fsp3) is 0.750. The summed E-state index contributed by atoms with van der Waals surface area (Å²) in [7, 11) is 2.20. The molecule has 90 valence electrons. The highest BCUT2D eigenvalue weighted by atomic mass is 15.2. The van der Waals surface area contributed by atoms with Gasteiger partial charge in [-0.2, -0.15) is 0 Å². The van der Waals surface area contributed by atoms with Crippen molar-refractivity contribution in [1.29, 1.82) is 0 Å². The molecule has 1 unspecified atom stereocenters. The SMILES string of the molecule is CCNCc1cncn1C1CCCN(C)C1. The highest BCUT2D eigenvalue weighted by molar-refractivity contribution is 5.01. The monoisotopic (exact) mass is 222 g/mol. The molecule has 1 aliphatic rings. The molecule has 1 saturated heterocycles. The molecule has 16 heavy (non-hydrogen) atoms. The quantitative estimate of drug-likeness (QED) is 0.832. The van der Waals surface area contributed by atoms with E-state index >= 15 is 0 Å². The van der Waals surface area contributed by atoms with Gasteiger partial charge in [-0.05, 0) is 33.0 Å². The predicted octanol–water partition coefficient (Wildman–Crippen LogP) is 1.26. The zero-order chi connectivity index (χ0) is 11.4. The Labute approximate surface area is 97.7 Å². The maximum absolute atomic E-state index is 4.28. The van der Waals surface area contributed by atoms with Crippen molar-refractivity contribution in [3.63, 3.8) is 0 Å². The van der Waals surface area contributed by atoms with Gasteiger partial charge in [-0.1, -0.05) is 6.92 Å². The number of imidazole rings is 1. The smallest absolute Gasteiger partial charge is 0.0951 e. The van der Waals surface area contributed by atoms with Crippen LogP contribution >= 0.6 is 0 Å². The summed E-state index contributed by atoms with van der Waals surface area (Å²) in [6, 6.07) is 0.606. The Hall–Kier alpha value is -0.870. The predicted molar refractivity (Wildman–Crippen MR) is 65.4 cm³/mol.